The minimum atomic E-state index is -0.388. The lowest BCUT2D eigenvalue weighted by atomic mass is 9.96. The van der Waals surface area contributed by atoms with E-state index in [1.54, 1.807) is 6.92 Å². The Morgan fingerprint density at radius 2 is 1.79 bits per heavy atom. The number of halogens is 2. The fourth-order valence-electron chi connectivity index (χ4n) is 3.02. The van der Waals surface area contributed by atoms with Gasteiger partial charge in [0.05, 0.1) is 10.2 Å². The van der Waals surface area contributed by atoms with Crippen LogP contribution in [0.1, 0.15) is 24.8 Å². The second kappa shape index (κ2) is 4.40. The van der Waals surface area contributed by atoms with Crippen LogP contribution in [0.5, 0.6) is 0 Å². The van der Waals surface area contributed by atoms with Gasteiger partial charge in [-0.2, -0.15) is 0 Å². The van der Waals surface area contributed by atoms with Crippen LogP contribution in [0.15, 0.2) is 16.6 Å². The first kappa shape index (κ1) is 12.8. The molecule has 0 N–H and O–H groups in total. The van der Waals surface area contributed by atoms with Gasteiger partial charge in [-0.05, 0) is 59.8 Å². The summed E-state index contributed by atoms with van der Waals surface area (Å²) in [5.41, 5.74) is 1.10. The van der Waals surface area contributed by atoms with Gasteiger partial charge in [0, 0.05) is 11.8 Å². The van der Waals surface area contributed by atoms with E-state index in [2.05, 4.69) is 15.9 Å². The normalized spacial score (nSPS) is 26.2. The van der Waals surface area contributed by atoms with Crippen molar-refractivity contribution in [3.05, 3.63) is 28.0 Å². The minimum Gasteiger partial charge on any atom is -0.274 e. The summed E-state index contributed by atoms with van der Waals surface area (Å²) >= 11 is 3.11. The molecule has 1 saturated carbocycles. The number of imide groups is 1. The number of amides is 2. The molecule has 2 unspecified atom stereocenters. The fourth-order valence-corrected chi connectivity index (χ4v) is 3.35. The molecule has 3 rings (SSSR count). The van der Waals surface area contributed by atoms with Gasteiger partial charge in [-0.15, -0.1) is 0 Å². The number of nitrogens with zero attached hydrogens (tertiary/aromatic N) is 1. The highest BCUT2D eigenvalue weighted by Crippen LogP contribution is 2.41. The Hall–Kier alpha value is -1.23. The van der Waals surface area contributed by atoms with Crippen LogP contribution in [0.3, 0.4) is 0 Å². The molecule has 100 valence electrons. The number of anilines is 1. The van der Waals surface area contributed by atoms with Crippen LogP contribution < -0.4 is 4.90 Å². The third-order valence-electron chi connectivity index (χ3n) is 4.05. The second-order valence-electron chi connectivity index (χ2n) is 5.27. The predicted molar refractivity (Wildman–Crippen MR) is 72.2 cm³/mol. The molecule has 1 heterocycles. The number of fused-ring (bicyclic) bond motifs is 2. The summed E-state index contributed by atoms with van der Waals surface area (Å²) < 4.78 is 13.7. The standard InChI is InChI=1S/C14H13BrFNO2/c1-7-4-11(16)10(15)6-12(7)17-13(18)8-2-3-9(5-8)14(17)19/h4,6,8-9H,2-3,5H2,1H3. The van der Waals surface area contributed by atoms with Crippen LogP contribution >= 0.6 is 15.9 Å². The summed E-state index contributed by atoms with van der Waals surface area (Å²) in [4.78, 5) is 25.9. The zero-order valence-corrected chi connectivity index (χ0v) is 12.0. The molecule has 1 aromatic rings. The summed E-state index contributed by atoms with van der Waals surface area (Å²) in [6, 6.07) is 2.86. The maximum atomic E-state index is 13.5. The van der Waals surface area contributed by atoms with Crippen LogP contribution in [0, 0.1) is 24.6 Å². The summed E-state index contributed by atoms with van der Waals surface area (Å²) in [7, 11) is 0. The van der Waals surface area contributed by atoms with Gasteiger partial charge in [-0.3, -0.25) is 9.59 Å². The number of hydrogen-bond donors (Lipinski definition) is 0. The van der Waals surface area contributed by atoms with Gasteiger partial charge in [0.1, 0.15) is 5.82 Å². The molecule has 2 aliphatic rings. The molecule has 1 aliphatic carbocycles. The van der Waals surface area contributed by atoms with E-state index >= 15 is 0 Å². The summed E-state index contributed by atoms with van der Waals surface area (Å²) in [5.74, 6) is -0.765. The quantitative estimate of drug-likeness (QED) is 0.744. The second-order valence-corrected chi connectivity index (χ2v) is 6.13. The van der Waals surface area contributed by atoms with Crippen molar-refractivity contribution in [3.8, 4) is 0 Å². The molecule has 2 bridgehead atoms. The molecule has 5 heteroatoms. The zero-order valence-electron chi connectivity index (χ0n) is 10.5. The highest BCUT2D eigenvalue weighted by Gasteiger charge is 2.46. The van der Waals surface area contributed by atoms with Crippen molar-refractivity contribution in [1.82, 2.24) is 0 Å². The SMILES string of the molecule is Cc1cc(F)c(Br)cc1N1C(=O)C2CCC(C2)C1=O. The topological polar surface area (TPSA) is 37.4 Å². The third kappa shape index (κ3) is 1.91. The van der Waals surface area contributed by atoms with E-state index in [0.29, 0.717) is 17.7 Å². The van der Waals surface area contributed by atoms with Crippen LogP contribution in [-0.2, 0) is 9.59 Å². The highest BCUT2D eigenvalue weighted by molar-refractivity contribution is 9.10. The number of aryl methyl sites for hydroxylation is 1. The first-order valence-electron chi connectivity index (χ1n) is 6.32. The van der Waals surface area contributed by atoms with Crippen LogP contribution in [0.4, 0.5) is 10.1 Å². The van der Waals surface area contributed by atoms with Crippen LogP contribution in [0.25, 0.3) is 0 Å². The van der Waals surface area contributed by atoms with Gasteiger partial charge in [-0.25, -0.2) is 9.29 Å². The lowest BCUT2D eigenvalue weighted by Crippen LogP contribution is -2.46. The maximum absolute atomic E-state index is 13.5. The number of carbonyl (C=O) groups excluding carboxylic acids is 2. The zero-order chi connectivity index (χ0) is 13.7. The number of hydrogen-bond acceptors (Lipinski definition) is 2. The number of benzene rings is 1. The largest absolute Gasteiger partial charge is 0.274 e. The molecule has 0 spiro atoms. The molecule has 2 atom stereocenters. The van der Waals surface area contributed by atoms with Crippen molar-refractivity contribution in [2.24, 2.45) is 11.8 Å². The van der Waals surface area contributed by atoms with Crippen molar-refractivity contribution in [2.75, 3.05) is 4.90 Å². The summed E-state index contributed by atoms with van der Waals surface area (Å²) in [6.07, 6.45) is 2.25. The fraction of sp³-hybridized carbons (Fsp3) is 0.429. The Labute approximate surface area is 118 Å². The monoisotopic (exact) mass is 325 g/mol. The Balaban J connectivity index is 2.08. The third-order valence-corrected chi connectivity index (χ3v) is 4.66. The van der Waals surface area contributed by atoms with Crippen molar-refractivity contribution >= 4 is 33.4 Å². The average Bonchev–Trinajstić information content (AvgIpc) is 2.80. The van der Waals surface area contributed by atoms with Gasteiger partial charge in [-0.1, -0.05) is 0 Å². The van der Waals surface area contributed by atoms with Gasteiger partial charge in [0.25, 0.3) is 0 Å². The van der Waals surface area contributed by atoms with Gasteiger partial charge in [0.15, 0.2) is 0 Å². The number of rotatable bonds is 1. The van der Waals surface area contributed by atoms with E-state index in [9.17, 15) is 14.0 Å². The van der Waals surface area contributed by atoms with Crippen LogP contribution in [-0.4, -0.2) is 11.8 Å². The molecule has 1 saturated heterocycles. The van der Waals surface area contributed by atoms with Crippen LogP contribution in [0.2, 0.25) is 0 Å². The molecule has 2 amide bonds. The maximum Gasteiger partial charge on any atom is 0.236 e. The Morgan fingerprint density at radius 3 is 2.37 bits per heavy atom. The van der Waals surface area contributed by atoms with Gasteiger partial charge >= 0.3 is 0 Å². The van der Waals surface area contributed by atoms with E-state index in [1.807, 2.05) is 0 Å². The predicted octanol–water partition coefficient (Wildman–Crippen LogP) is 3.19. The molecule has 3 nitrogen and oxygen atoms in total. The summed E-state index contributed by atoms with van der Waals surface area (Å²) in [5, 5.41) is 0. The molecule has 19 heavy (non-hydrogen) atoms. The van der Waals surface area contributed by atoms with Crippen molar-refractivity contribution in [1.29, 1.82) is 0 Å². The van der Waals surface area contributed by atoms with E-state index < -0.39 is 0 Å². The van der Waals surface area contributed by atoms with Crippen molar-refractivity contribution < 1.29 is 14.0 Å². The molecule has 2 fully saturated rings. The van der Waals surface area contributed by atoms with Crippen molar-refractivity contribution in [3.63, 3.8) is 0 Å². The highest BCUT2D eigenvalue weighted by atomic mass is 79.9. The van der Waals surface area contributed by atoms with Crippen molar-refractivity contribution in [2.45, 2.75) is 26.2 Å². The first-order chi connectivity index (χ1) is 8.99. The van der Waals surface area contributed by atoms with Gasteiger partial charge in [0.2, 0.25) is 11.8 Å². The van der Waals surface area contributed by atoms with Gasteiger partial charge < -0.3 is 0 Å². The first-order valence-corrected chi connectivity index (χ1v) is 7.12. The molecule has 0 radical (unpaired) electrons. The number of piperidine rings is 1. The van der Waals surface area contributed by atoms with E-state index in [0.717, 1.165) is 12.8 Å². The Bertz CT molecular complexity index is 565. The molecule has 0 aromatic heterocycles. The summed E-state index contributed by atoms with van der Waals surface area (Å²) in [6.45, 7) is 1.71. The minimum absolute atomic E-state index is 0.0501. The Kier molecular flexibility index (Phi) is 2.96. The molecular formula is C14H13BrFNO2. The lowest BCUT2D eigenvalue weighted by molar-refractivity contribution is -0.133. The average molecular weight is 326 g/mol. The smallest absolute Gasteiger partial charge is 0.236 e. The Morgan fingerprint density at radius 1 is 1.21 bits per heavy atom. The molecule has 1 aliphatic heterocycles. The molecule has 1 aromatic carbocycles. The number of carbonyl (C=O) groups is 2. The van der Waals surface area contributed by atoms with E-state index in [4.69, 9.17) is 0 Å². The molecular weight excluding hydrogens is 313 g/mol. The van der Waals surface area contributed by atoms with E-state index in [-0.39, 0.29) is 33.9 Å². The van der Waals surface area contributed by atoms with E-state index in [1.165, 1.54) is 17.0 Å². The lowest BCUT2D eigenvalue weighted by Gasteiger charge is -2.30.